The first kappa shape index (κ1) is 16.7. The Morgan fingerprint density at radius 1 is 1.21 bits per heavy atom. The quantitative estimate of drug-likeness (QED) is 0.866. The first-order valence-corrected chi connectivity index (χ1v) is 8.55. The van der Waals surface area contributed by atoms with Gasteiger partial charge in [0.2, 0.25) is 0 Å². The molecule has 2 aromatic rings. The van der Waals surface area contributed by atoms with Gasteiger partial charge in [-0.05, 0) is 36.1 Å². The molecule has 2 N–H and O–H groups in total. The Kier molecular flexibility index (Phi) is 5.26. The second kappa shape index (κ2) is 7.58. The van der Waals surface area contributed by atoms with E-state index in [1.54, 1.807) is 12.1 Å². The third kappa shape index (κ3) is 4.01. The summed E-state index contributed by atoms with van der Waals surface area (Å²) in [6.45, 7) is 0.883. The maximum Gasteiger partial charge on any atom is 0.275 e. The second-order valence-electron chi connectivity index (χ2n) is 6.57. The number of halogens is 1. The number of likely N-dealkylation sites (N-methyl/N-ethyl adjacent to an activating group) is 1. The van der Waals surface area contributed by atoms with Gasteiger partial charge in [-0.15, -0.1) is 0 Å². The van der Waals surface area contributed by atoms with E-state index in [9.17, 15) is 9.18 Å². The number of hydrogen-bond donors (Lipinski definition) is 2. The first-order valence-electron chi connectivity index (χ1n) is 8.55. The number of carbonyl (C=O) groups excluding carboxylic acids is 1. The van der Waals surface area contributed by atoms with Gasteiger partial charge in [0.05, 0.1) is 7.05 Å². The lowest BCUT2D eigenvalue weighted by atomic mass is 9.87. The number of amides is 1. The molecule has 0 aromatic heterocycles. The highest BCUT2D eigenvalue weighted by Gasteiger charge is 2.27. The molecule has 4 heteroatoms. The van der Waals surface area contributed by atoms with Gasteiger partial charge in [-0.1, -0.05) is 36.4 Å². The maximum absolute atomic E-state index is 12.9. The van der Waals surface area contributed by atoms with Gasteiger partial charge in [-0.3, -0.25) is 4.79 Å². The highest BCUT2D eigenvalue weighted by molar-refractivity contribution is 5.76. The SMILES string of the molecule is C[NH+](CC(=O)NCc1ccc(F)cc1)[C@H]1CCCc2ccccc21. The van der Waals surface area contributed by atoms with Crippen LogP contribution in [-0.4, -0.2) is 19.5 Å². The Labute approximate surface area is 142 Å². The van der Waals surface area contributed by atoms with Crippen LogP contribution in [-0.2, 0) is 17.8 Å². The average molecular weight is 327 g/mol. The Balaban J connectivity index is 1.56. The minimum absolute atomic E-state index is 0.0277. The summed E-state index contributed by atoms with van der Waals surface area (Å²) >= 11 is 0. The van der Waals surface area contributed by atoms with Crippen LogP contribution < -0.4 is 10.2 Å². The molecule has 0 fully saturated rings. The average Bonchev–Trinajstić information content (AvgIpc) is 2.60. The number of benzene rings is 2. The number of quaternary nitrogens is 1. The molecule has 1 amide bonds. The van der Waals surface area contributed by atoms with Crippen LogP contribution in [0.2, 0.25) is 0 Å². The van der Waals surface area contributed by atoms with Gasteiger partial charge in [-0.2, -0.15) is 0 Å². The molecule has 3 nitrogen and oxygen atoms in total. The standard InChI is InChI=1S/C20H23FN2O/c1-23(19-8-4-6-16-5-2-3-7-18(16)19)14-20(24)22-13-15-9-11-17(21)12-10-15/h2-3,5,7,9-12,19H,4,6,8,13-14H2,1H3,(H,22,24)/p+1/t19-/m0/s1. The molecule has 24 heavy (non-hydrogen) atoms. The molecule has 2 aromatic carbocycles. The molecule has 3 rings (SSSR count). The van der Waals surface area contributed by atoms with Crippen molar-refractivity contribution in [3.8, 4) is 0 Å². The van der Waals surface area contributed by atoms with Gasteiger partial charge < -0.3 is 10.2 Å². The summed E-state index contributed by atoms with van der Waals surface area (Å²) in [5.74, 6) is -0.231. The largest absolute Gasteiger partial charge is 0.347 e. The predicted molar refractivity (Wildman–Crippen MR) is 92.1 cm³/mol. The summed E-state index contributed by atoms with van der Waals surface area (Å²) in [6.07, 6.45) is 3.43. The van der Waals surface area contributed by atoms with Crippen LogP contribution in [0, 0.1) is 5.82 Å². The summed E-state index contributed by atoms with van der Waals surface area (Å²) in [7, 11) is 2.09. The lowest BCUT2D eigenvalue weighted by Crippen LogP contribution is -3.10. The van der Waals surface area contributed by atoms with E-state index in [2.05, 4.69) is 36.6 Å². The van der Waals surface area contributed by atoms with E-state index in [-0.39, 0.29) is 11.7 Å². The van der Waals surface area contributed by atoms with Crippen LogP contribution in [0.1, 0.15) is 35.6 Å². The highest BCUT2D eigenvalue weighted by atomic mass is 19.1. The highest BCUT2D eigenvalue weighted by Crippen LogP contribution is 2.27. The molecular weight excluding hydrogens is 303 g/mol. The van der Waals surface area contributed by atoms with Gasteiger partial charge in [0, 0.05) is 18.5 Å². The normalized spacial score (nSPS) is 17.8. The number of fused-ring (bicyclic) bond motifs is 1. The lowest BCUT2D eigenvalue weighted by molar-refractivity contribution is -0.905. The minimum atomic E-state index is -0.259. The molecule has 0 spiro atoms. The monoisotopic (exact) mass is 327 g/mol. The molecule has 1 aliphatic rings. The first-order chi connectivity index (χ1) is 11.6. The summed E-state index contributed by atoms with van der Waals surface area (Å²) in [5, 5.41) is 2.93. The van der Waals surface area contributed by atoms with E-state index in [4.69, 9.17) is 0 Å². The molecule has 0 saturated carbocycles. The zero-order chi connectivity index (χ0) is 16.9. The molecule has 1 unspecified atom stereocenters. The van der Waals surface area contributed by atoms with Crippen molar-refractivity contribution in [1.29, 1.82) is 0 Å². The molecule has 0 saturated heterocycles. The number of nitrogens with one attached hydrogen (secondary N) is 2. The van der Waals surface area contributed by atoms with Crippen LogP contribution in [0.5, 0.6) is 0 Å². The zero-order valence-electron chi connectivity index (χ0n) is 14.0. The molecule has 0 radical (unpaired) electrons. The number of aryl methyl sites for hydroxylation is 1. The maximum atomic E-state index is 12.9. The summed E-state index contributed by atoms with van der Waals surface area (Å²) in [4.78, 5) is 13.5. The van der Waals surface area contributed by atoms with E-state index in [0.717, 1.165) is 18.4 Å². The van der Waals surface area contributed by atoms with Crippen molar-refractivity contribution in [2.24, 2.45) is 0 Å². The van der Waals surface area contributed by atoms with Gasteiger partial charge >= 0.3 is 0 Å². The Bertz CT molecular complexity index is 699. The summed E-state index contributed by atoms with van der Waals surface area (Å²) in [6, 6.07) is 15.2. The van der Waals surface area contributed by atoms with Crippen LogP contribution >= 0.6 is 0 Å². The van der Waals surface area contributed by atoms with Gasteiger partial charge in [0.1, 0.15) is 11.9 Å². The topological polar surface area (TPSA) is 33.5 Å². The van der Waals surface area contributed by atoms with Crippen LogP contribution in [0.25, 0.3) is 0 Å². The van der Waals surface area contributed by atoms with E-state index in [1.807, 2.05) is 0 Å². The Hall–Kier alpha value is -2.20. The van der Waals surface area contributed by atoms with Crippen molar-refractivity contribution in [3.05, 3.63) is 71.0 Å². The fourth-order valence-electron chi connectivity index (χ4n) is 3.51. The number of hydrogen-bond acceptors (Lipinski definition) is 1. The van der Waals surface area contributed by atoms with Crippen LogP contribution in [0.4, 0.5) is 4.39 Å². The molecule has 1 aliphatic carbocycles. The zero-order valence-corrected chi connectivity index (χ0v) is 14.0. The van der Waals surface area contributed by atoms with Crippen molar-refractivity contribution < 1.29 is 14.1 Å². The van der Waals surface area contributed by atoms with Crippen molar-refractivity contribution in [3.63, 3.8) is 0 Å². The third-order valence-corrected chi connectivity index (χ3v) is 4.81. The Morgan fingerprint density at radius 2 is 1.96 bits per heavy atom. The van der Waals surface area contributed by atoms with Gasteiger partial charge in [0.15, 0.2) is 6.54 Å². The minimum Gasteiger partial charge on any atom is -0.347 e. The second-order valence-corrected chi connectivity index (χ2v) is 6.57. The number of carbonyl (C=O) groups is 1. The third-order valence-electron chi connectivity index (χ3n) is 4.81. The van der Waals surface area contributed by atoms with Crippen LogP contribution in [0.3, 0.4) is 0 Å². The van der Waals surface area contributed by atoms with Crippen LogP contribution in [0.15, 0.2) is 48.5 Å². The molecule has 0 bridgehead atoms. The van der Waals surface area contributed by atoms with Gasteiger partial charge in [0.25, 0.3) is 5.91 Å². The van der Waals surface area contributed by atoms with E-state index in [1.165, 1.54) is 34.6 Å². The van der Waals surface area contributed by atoms with Crippen molar-refractivity contribution in [2.45, 2.75) is 31.8 Å². The Morgan fingerprint density at radius 3 is 2.75 bits per heavy atom. The predicted octanol–water partition coefficient (Wildman–Crippen LogP) is 2.03. The fraction of sp³-hybridized carbons (Fsp3) is 0.350. The smallest absolute Gasteiger partial charge is 0.275 e. The molecule has 126 valence electrons. The summed E-state index contributed by atoms with van der Waals surface area (Å²) in [5.41, 5.74) is 3.71. The summed E-state index contributed by atoms with van der Waals surface area (Å²) < 4.78 is 12.9. The number of rotatable bonds is 5. The molecule has 0 heterocycles. The van der Waals surface area contributed by atoms with Crippen molar-refractivity contribution in [2.75, 3.05) is 13.6 Å². The van der Waals surface area contributed by atoms with Crippen molar-refractivity contribution >= 4 is 5.91 Å². The van der Waals surface area contributed by atoms with E-state index in [0.29, 0.717) is 19.1 Å². The van der Waals surface area contributed by atoms with Gasteiger partial charge in [-0.25, -0.2) is 4.39 Å². The fourth-order valence-corrected chi connectivity index (χ4v) is 3.51. The lowest BCUT2D eigenvalue weighted by Gasteiger charge is -2.30. The van der Waals surface area contributed by atoms with E-state index >= 15 is 0 Å². The molecular formula is C20H24FN2O+. The molecule has 0 aliphatic heterocycles. The van der Waals surface area contributed by atoms with Crippen molar-refractivity contribution in [1.82, 2.24) is 5.32 Å². The van der Waals surface area contributed by atoms with E-state index < -0.39 is 0 Å². The molecule has 2 atom stereocenters.